The first kappa shape index (κ1) is 16.0. The van der Waals surface area contributed by atoms with Gasteiger partial charge in [-0.15, -0.1) is 0 Å². The summed E-state index contributed by atoms with van der Waals surface area (Å²) in [6, 6.07) is 0. The van der Waals surface area contributed by atoms with E-state index in [1.54, 1.807) is 11.8 Å². The van der Waals surface area contributed by atoms with E-state index in [4.69, 9.17) is 10.9 Å². The van der Waals surface area contributed by atoms with Crippen molar-refractivity contribution in [2.24, 2.45) is 22.7 Å². The minimum Gasteiger partial charge on any atom is -0.409 e. The molecule has 0 radical (unpaired) electrons. The zero-order chi connectivity index (χ0) is 14.6. The summed E-state index contributed by atoms with van der Waals surface area (Å²) >= 11 is 0. The van der Waals surface area contributed by atoms with Gasteiger partial charge in [0.2, 0.25) is 0 Å². The van der Waals surface area contributed by atoms with Crippen LogP contribution in [0.3, 0.4) is 0 Å². The SMILES string of the molecule is CC(O)C1CCN(CC(C(N)=NO)C(F)(F)F)CC1. The molecular weight excluding hydrogens is 263 g/mol. The molecule has 1 aliphatic rings. The van der Waals surface area contributed by atoms with Crippen molar-refractivity contribution in [3.8, 4) is 0 Å². The number of oxime groups is 1. The molecule has 1 aliphatic heterocycles. The molecular formula is C11H20F3N3O2. The van der Waals surface area contributed by atoms with Gasteiger partial charge in [-0.3, -0.25) is 0 Å². The van der Waals surface area contributed by atoms with Crippen LogP contribution in [-0.2, 0) is 0 Å². The number of likely N-dealkylation sites (tertiary alicyclic amines) is 1. The average molecular weight is 283 g/mol. The lowest BCUT2D eigenvalue weighted by atomic mass is 9.91. The monoisotopic (exact) mass is 283 g/mol. The van der Waals surface area contributed by atoms with Gasteiger partial charge in [0.1, 0.15) is 5.92 Å². The summed E-state index contributed by atoms with van der Waals surface area (Å²) in [5, 5.41) is 20.3. The van der Waals surface area contributed by atoms with Gasteiger partial charge in [0.25, 0.3) is 0 Å². The maximum Gasteiger partial charge on any atom is 0.400 e. The van der Waals surface area contributed by atoms with Gasteiger partial charge in [0.15, 0.2) is 5.84 Å². The van der Waals surface area contributed by atoms with Crippen LogP contribution >= 0.6 is 0 Å². The molecule has 19 heavy (non-hydrogen) atoms. The predicted octanol–water partition coefficient (Wildman–Crippen LogP) is 1.00. The zero-order valence-electron chi connectivity index (χ0n) is 10.8. The molecule has 0 aliphatic carbocycles. The summed E-state index contributed by atoms with van der Waals surface area (Å²) in [5.74, 6) is -2.64. The van der Waals surface area contributed by atoms with E-state index < -0.39 is 24.0 Å². The second-order valence-corrected chi connectivity index (χ2v) is 5.00. The largest absolute Gasteiger partial charge is 0.409 e. The fourth-order valence-electron chi connectivity index (χ4n) is 2.31. The number of amidine groups is 1. The van der Waals surface area contributed by atoms with Crippen molar-refractivity contribution in [2.75, 3.05) is 19.6 Å². The van der Waals surface area contributed by atoms with Gasteiger partial charge in [0, 0.05) is 6.54 Å². The molecule has 0 amide bonds. The number of nitrogens with zero attached hydrogens (tertiary/aromatic N) is 2. The number of aliphatic hydroxyl groups is 1. The van der Waals surface area contributed by atoms with Crippen molar-refractivity contribution in [1.82, 2.24) is 4.90 Å². The smallest absolute Gasteiger partial charge is 0.400 e. The highest BCUT2D eigenvalue weighted by Crippen LogP contribution is 2.29. The molecule has 0 aromatic rings. The highest BCUT2D eigenvalue weighted by Gasteiger charge is 2.44. The van der Waals surface area contributed by atoms with Crippen LogP contribution in [0.2, 0.25) is 0 Å². The maximum absolute atomic E-state index is 12.8. The molecule has 1 heterocycles. The van der Waals surface area contributed by atoms with Crippen LogP contribution in [0.15, 0.2) is 5.16 Å². The lowest BCUT2D eigenvalue weighted by Crippen LogP contribution is -2.47. The topological polar surface area (TPSA) is 82.1 Å². The number of rotatable bonds is 4. The van der Waals surface area contributed by atoms with E-state index in [9.17, 15) is 18.3 Å². The molecule has 8 heteroatoms. The van der Waals surface area contributed by atoms with E-state index in [0.29, 0.717) is 25.9 Å². The second-order valence-electron chi connectivity index (χ2n) is 5.00. The Bertz CT molecular complexity index is 313. The number of alkyl halides is 3. The maximum atomic E-state index is 12.8. The van der Waals surface area contributed by atoms with E-state index in [2.05, 4.69) is 5.16 Å². The van der Waals surface area contributed by atoms with Crippen molar-refractivity contribution >= 4 is 5.84 Å². The fraction of sp³-hybridized carbons (Fsp3) is 0.909. The Morgan fingerprint density at radius 1 is 1.42 bits per heavy atom. The van der Waals surface area contributed by atoms with Crippen molar-refractivity contribution in [1.29, 1.82) is 0 Å². The molecule has 0 saturated carbocycles. The molecule has 1 fully saturated rings. The van der Waals surface area contributed by atoms with Crippen LogP contribution in [0.25, 0.3) is 0 Å². The molecule has 0 bridgehead atoms. The second kappa shape index (κ2) is 6.42. The highest BCUT2D eigenvalue weighted by molar-refractivity contribution is 5.83. The normalized spacial score (nSPS) is 23.3. The van der Waals surface area contributed by atoms with Crippen molar-refractivity contribution in [2.45, 2.75) is 32.0 Å². The number of hydrogen-bond acceptors (Lipinski definition) is 4. The number of nitrogens with two attached hydrogens (primary N) is 1. The predicted molar refractivity (Wildman–Crippen MR) is 63.8 cm³/mol. The third kappa shape index (κ3) is 4.54. The molecule has 1 saturated heterocycles. The summed E-state index contributed by atoms with van der Waals surface area (Å²) in [6.45, 7) is 2.32. The first-order chi connectivity index (χ1) is 8.75. The molecule has 0 spiro atoms. The van der Waals surface area contributed by atoms with Gasteiger partial charge < -0.3 is 20.9 Å². The van der Waals surface area contributed by atoms with Gasteiger partial charge in [-0.25, -0.2) is 0 Å². The Hall–Kier alpha value is -1.02. The third-order valence-electron chi connectivity index (χ3n) is 3.62. The quantitative estimate of drug-likeness (QED) is 0.311. The molecule has 0 aromatic carbocycles. The van der Waals surface area contributed by atoms with Crippen LogP contribution in [0.1, 0.15) is 19.8 Å². The van der Waals surface area contributed by atoms with Crippen molar-refractivity contribution < 1.29 is 23.5 Å². The molecule has 4 N–H and O–H groups in total. The van der Waals surface area contributed by atoms with Crippen LogP contribution in [0.4, 0.5) is 13.2 Å². The molecule has 112 valence electrons. The van der Waals surface area contributed by atoms with Crippen LogP contribution in [0, 0.1) is 11.8 Å². The number of halogens is 3. The standard InChI is InChI=1S/C11H20F3N3O2/c1-7(18)8-2-4-17(5-3-8)6-9(10(15)16-19)11(12,13)14/h7-9,18-19H,2-6H2,1H3,(H2,15,16). The van der Waals surface area contributed by atoms with Crippen LogP contribution in [0.5, 0.6) is 0 Å². The lowest BCUT2D eigenvalue weighted by molar-refractivity contribution is -0.161. The lowest BCUT2D eigenvalue weighted by Gasteiger charge is -2.35. The summed E-state index contributed by atoms with van der Waals surface area (Å²) in [5.41, 5.74) is 5.11. The number of aliphatic hydroxyl groups excluding tert-OH is 1. The summed E-state index contributed by atoms with van der Waals surface area (Å²) in [4.78, 5) is 1.63. The molecule has 0 aromatic heterocycles. The Labute approximate surface area is 109 Å². The minimum absolute atomic E-state index is 0.129. The zero-order valence-corrected chi connectivity index (χ0v) is 10.8. The average Bonchev–Trinajstić information content (AvgIpc) is 2.34. The van der Waals surface area contributed by atoms with E-state index in [0.717, 1.165) is 0 Å². The summed E-state index contributed by atoms with van der Waals surface area (Å²) in [6.07, 6.45) is -3.67. The van der Waals surface area contributed by atoms with E-state index in [1.165, 1.54) is 0 Å². The van der Waals surface area contributed by atoms with Gasteiger partial charge in [-0.05, 0) is 38.8 Å². The molecule has 2 unspecified atom stereocenters. The Kier molecular flexibility index (Phi) is 5.42. The van der Waals surface area contributed by atoms with Gasteiger partial charge >= 0.3 is 6.18 Å². The Morgan fingerprint density at radius 2 is 1.95 bits per heavy atom. The Morgan fingerprint density at radius 3 is 2.32 bits per heavy atom. The van der Waals surface area contributed by atoms with E-state index in [1.807, 2.05) is 0 Å². The summed E-state index contributed by atoms with van der Waals surface area (Å²) in [7, 11) is 0. The van der Waals surface area contributed by atoms with Crippen LogP contribution < -0.4 is 5.73 Å². The third-order valence-corrected chi connectivity index (χ3v) is 3.62. The molecule has 5 nitrogen and oxygen atoms in total. The fourth-order valence-corrected chi connectivity index (χ4v) is 2.31. The van der Waals surface area contributed by atoms with Gasteiger partial charge in [-0.2, -0.15) is 13.2 Å². The van der Waals surface area contributed by atoms with E-state index >= 15 is 0 Å². The van der Waals surface area contributed by atoms with Crippen molar-refractivity contribution in [3.05, 3.63) is 0 Å². The van der Waals surface area contributed by atoms with Gasteiger partial charge in [-0.1, -0.05) is 5.16 Å². The first-order valence-corrected chi connectivity index (χ1v) is 6.20. The highest BCUT2D eigenvalue weighted by atomic mass is 19.4. The van der Waals surface area contributed by atoms with Gasteiger partial charge in [0.05, 0.1) is 6.10 Å². The van der Waals surface area contributed by atoms with Crippen LogP contribution in [-0.4, -0.2) is 53.0 Å². The Balaban J connectivity index is 2.58. The van der Waals surface area contributed by atoms with Crippen molar-refractivity contribution in [3.63, 3.8) is 0 Å². The summed E-state index contributed by atoms with van der Waals surface area (Å²) < 4.78 is 38.3. The molecule has 2 atom stereocenters. The number of hydrogen-bond donors (Lipinski definition) is 3. The number of piperidine rings is 1. The minimum atomic E-state index is -4.53. The first-order valence-electron chi connectivity index (χ1n) is 6.20. The molecule has 1 rings (SSSR count). The van der Waals surface area contributed by atoms with E-state index in [-0.39, 0.29) is 12.5 Å².